The van der Waals surface area contributed by atoms with E-state index in [9.17, 15) is 0 Å². The lowest BCUT2D eigenvalue weighted by molar-refractivity contribution is 0.440. The molecule has 1 fully saturated rings. The van der Waals surface area contributed by atoms with Gasteiger partial charge in [-0.1, -0.05) is 36.7 Å². The van der Waals surface area contributed by atoms with Crippen LogP contribution >= 0.6 is 23.8 Å². The number of nitrogens with one attached hydrogen (secondary N) is 2. The third-order valence-corrected chi connectivity index (χ3v) is 6.57. The highest BCUT2D eigenvalue weighted by Crippen LogP contribution is 2.28. The smallest absolute Gasteiger partial charge is 0.234 e. The van der Waals surface area contributed by atoms with Crippen LogP contribution < -0.4 is 20.3 Å². The van der Waals surface area contributed by atoms with E-state index in [-0.39, 0.29) is 0 Å². The SMILES string of the molecule is CC1CCCN(c2cc(Oc3ccccc3)nc(NC(=S)NCc3ccc(-c4ccc(Cl)cc4)o3)n2)C1. The van der Waals surface area contributed by atoms with E-state index in [0.29, 0.717) is 40.2 Å². The molecule has 1 aliphatic rings. The molecule has 9 heteroatoms. The van der Waals surface area contributed by atoms with Crippen molar-refractivity contribution in [1.29, 1.82) is 0 Å². The molecule has 0 radical (unpaired) electrons. The van der Waals surface area contributed by atoms with Crippen molar-refractivity contribution in [2.75, 3.05) is 23.3 Å². The van der Waals surface area contributed by atoms with Crippen molar-refractivity contribution in [2.45, 2.75) is 26.3 Å². The minimum absolute atomic E-state index is 0.375. The Hall–Kier alpha value is -3.62. The largest absolute Gasteiger partial charge is 0.459 e. The van der Waals surface area contributed by atoms with Crippen LogP contribution in [0.2, 0.25) is 5.02 Å². The Labute approximate surface area is 226 Å². The summed E-state index contributed by atoms with van der Waals surface area (Å²) in [4.78, 5) is 11.6. The van der Waals surface area contributed by atoms with Crippen molar-refractivity contribution in [2.24, 2.45) is 5.92 Å². The molecule has 2 aromatic carbocycles. The topological polar surface area (TPSA) is 75.5 Å². The Kier molecular flexibility index (Phi) is 7.87. The van der Waals surface area contributed by atoms with Gasteiger partial charge in [0.2, 0.25) is 11.8 Å². The molecule has 37 heavy (non-hydrogen) atoms. The monoisotopic (exact) mass is 533 g/mol. The number of rotatable bonds is 7. The summed E-state index contributed by atoms with van der Waals surface area (Å²) in [5.74, 6) is 4.48. The summed E-state index contributed by atoms with van der Waals surface area (Å²) in [6.07, 6.45) is 2.35. The number of hydrogen-bond acceptors (Lipinski definition) is 6. The maximum atomic E-state index is 6.04. The van der Waals surface area contributed by atoms with Crippen molar-refractivity contribution in [3.63, 3.8) is 0 Å². The zero-order chi connectivity index (χ0) is 25.6. The Morgan fingerprint density at radius 3 is 2.70 bits per heavy atom. The van der Waals surface area contributed by atoms with Gasteiger partial charge in [0.25, 0.3) is 0 Å². The zero-order valence-corrected chi connectivity index (χ0v) is 22.1. The lowest BCUT2D eigenvalue weighted by Gasteiger charge is -2.32. The highest BCUT2D eigenvalue weighted by molar-refractivity contribution is 7.80. The quantitative estimate of drug-likeness (QED) is 0.248. The number of ether oxygens (including phenoxy) is 1. The Balaban J connectivity index is 1.27. The van der Waals surface area contributed by atoms with Crippen molar-refractivity contribution in [3.05, 3.63) is 83.6 Å². The molecule has 3 heterocycles. The van der Waals surface area contributed by atoms with Gasteiger partial charge in [-0.2, -0.15) is 9.97 Å². The van der Waals surface area contributed by atoms with Gasteiger partial charge in [-0.05, 0) is 79.5 Å². The van der Waals surface area contributed by atoms with Gasteiger partial charge in [-0.25, -0.2) is 0 Å². The van der Waals surface area contributed by atoms with E-state index >= 15 is 0 Å². The van der Waals surface area contributed by atoms with Gasteiger partial charge < -0.3 is 24.7 Å². The number of piperidine rings is 1. The van der Waals surface area contributed by atoms with Crippen LogP contribution in [-0.2, 0) is 6.54 Å². The number of benzene rings is 2. The number of aromatic nitrogens is 2. The van der Waals surface area contributed by atoms with Crippen LogP contribution in [0.1, 0.15) is 25.5 Å². The molecule has 0 aliphatic carbocycles. The van der Waals surface area contributed by atoms with Crippen molar-refractivity contribution < 1.29 is 9.15 Å². The van der Waals surface area contributed by atoms with Gasteiger partial charge in [-0.3, -0.25) is 0 Å². The van der Waals surface area contributed by atoms with E-state index in [1.54, 1.807) is 0 Å². The molecule has 1 atom stereocenters. The first-order valence-electron chi connectivity index (χ1n) is 12.3. The molecule has 2 aromatic heterocycles. The fraction of sp³-hybridized carbons (Fsp3) is 0.250. The minimum atomic E-state index is 0.375. The van der Waals surface area contributed by atoms with Crippen LogP contribution in [0.3, 0.4) is 0 Å². The number of thiocarbonyl (C=S) groups is 1. The molecule has 0 spiro atoms. The van der Waals surface area contributed by atoms with Crippen LogP contribution in [0, 0.1) is 5.92 Å². The third-order valence-electron chi connectivity index (χ3n) is 6.07. The second-order valence-electron chi connectivity index (χ2n) is 9.08. The van der Waals surface area contributed by atoms with Crippen molar-refractivity contribution in [3.8, 4) is 23.0 Å². The number of anilines is 2. The van der Waals surface area contributed by atoms with E-state index in [0.717, 1.165) is 42.4 Å². The van der Waals surface area contributed by atoms with E-state index in [2.05, 4.69) is 27.4 Å². The summed E-state index contributed by atoms with van der Waals surface area (Å²) in [6, 6.07) is 22.8. The molecule has 2 N–H and O–H groups in total. The second kappa shape index (κ2) is 11.6. The van der Waals surface area contributed by atoms with Crippen LogP contribution in [0.5, 0.6) is 11.6 Å². The predicted octanol–water partition coefficient (Wildman–Crippen LogP) is 6.91. The molecule has 1 aliphatic heterocycles. The lowest BCUT2D eigenvalue weighted by Crippen LogP contribution is -2.35. The van der Waals surface area contributed by atoms with E-state index in [1.165, 1.54) is 6.42 Å². The molecule has 7 nitrogen and oxygen atoms in total. The molecular weight excluding hydrogens is 506 g/mol. The second-order valence-corrected chi connectivity index (χ2v) is 9.92. The lowest BCUT2D eigenvalue weighted by atomic mass is 10.0. The Bertz CT molecular complexity index is 1350. The number of nitrogens with zero attached hydrogens (tertiary/aromatic N) is 3. The zero-order valence-electron chi connectivity index (χ0n) is 20.5. The molecular formula is C28H28ClN5O2S. The van der Waals surface area contributed by atoms with Crippen molar-refractivity contribution in [1.82, 2.24) is 15.3 Å². The van der Waals surface area contributed by atoms with Gasteiger partial charge in [0, 0.05) is 29.7 Å². The normalized spacial score (nSPS) is 15.3. The summed E-state index contributed by atoms with van der Waals surface area (Å²) >= 11 is 11.5. The van der Waals surface area contributed by atoms with Gasteiger partial charge in [0.1, 0.15) is 23.1 Å². The molecule has 1 unspecified atom stereocenters. The predicted molar refractivity (Wildman–Crippen MR) is 151 cm³/mol. The fourth-order valence-corrected chi connectivity index (χ4v) is 4.53. The van der Waals surface area contributed by atoms with Crippen LogP contribution in [0.25, 0.3) is 11.3 Å². The average Bonchev–Trinajstić information content (AvgIpc) is 3.37. The Morgan fingerprint density at radius 2 is 1.92 bits per heavy atom. The molecule has 4 aromatic rings. The first kappa shape index (κ1) is 25.0. The number of hydrogen-bond donors (Lipinski definition) is 2. The highest BCUT2D eigenvalue weighted by Gasteiger charge is 2.20. The van der Waals surface area contributed by atoms with E-state index in [4.69, 9.17) is 38.0 Å². The fourth-order valence-electron chi connectivity index (χ4n) is 4.25. The number of furan rings is 1. The average molecular weight is 534 g/mol. The maximum absolute atomic E-state index is 6.04. The maximum Gasteiger partial charge on any atom is 0.234 e. The number of halogens is 1. The highest BCUT2D eigenvalue weighted by atomic mass is 35.5. The molecule has 0 saturated carbocycles. The Morgan fingerprint density at radius 1 is 1.11 bits per heavy atom. The summed E-state index contributed by atoms with van der Waals surface area (Å²) in [5, 5.41) is 7.35. The summed E-state index contributed by atoms with van der Waals surface area (Å²) in [5.41, 5.74) is 0.958. The first-order valence-corrected chi connectivity index (χ1v) is 13.1. The van der Waals surface area contributed by atoms with Gasteiger partial charge >= 0.3 is 0 Å². The third kappa shape index (κ3) is 6.78. The van der Waals surface area contributed by atoms with Gasteiger partial charge in [0.15, 0.2) is 5.11 Å². The summed E-state index contributed by atoms with van der Waals surface area (Å²) in [7, 11) is 0. The standard InChI is InChI=1S/C28H28ClN5O2S/c1-19-6-5-15-34(18-19)25-16-26(36-22-7-3-2-4-8-22)32-27(31-25)33-28(37)30-17-23-13-14-24(35-23)20-9-11-21(29)12-10-20/h2-4,7-14,16,19H,5-6,15,17-18H2,1H3,(H2,30,31,32,33,37). The van der Waals surface area contributed by atoms with E-state index < -0.39 is 0 Å². The molecule has 1 saturated heterocycles. The van der Waals surface area contributed by atoms with Crippen LogP contribution in [0.15, 0.2) is 77.2 Å². The van der Waals surface area contributed by atoms with E-state index in [1.807, 2.05) is 72.8 Å². The van der Waals surface area contributed by atoms with Crippen molar-refractivity contribution >= 4 is 40.7 Å². The minimum Gasteiger partial charge on any atom is -0.459 e. The van der Waals surface area contributed by atoms with Gasteiger partial charge in [0.05, 0.1) is 6.54 Å². The number of para-hydroxylation sites is 1. The summed E-state index contributed by atoms with van der Waals surface area (Å²) in [6.45, 7) is 4.57. The molecule has 5 rings (SSSR count). The first-order chi connectivity index (χ1) is 18.0. The van der Waals surface area contributed by atoms with Gasteiger partial charge in [-0.15, -0.1) is 0 Å². The molecule has 190 valence electrons. The molecule has 0 amide bonds. The van der Waals surface area contributed by atoms with Crippen LogP contribution in [0.4, 0.5) is 11.8 Å². The summed E-state index contributed by atoms with van der Waals surface area (Å²) < 4.78 is 12.0. The molecule has 0 bridgehead atoms. The van der Waals surface area contributed by atoms with Crippen LogP contribution in [-0.4, -0.2) is 28.2 Å².